The Labute approximate surface area is 103 Å². The van der Waals surface area contributed by atoms with E-state index in [1.165, 1.54) is 26.1 Å². The molecular formula is C11H11ClFNO3. The van der Waals surface area contributed by atoms with E-state index in [-0.39, 0.29) is 10.6 Å². The first-order chi connectivity index (χ1) is 7.84. The molecule has 1 rings (SSSR count). The van der Waals surface area contributed by atoms with Crippen molar-refractivity contribution in [1.82, 2.24) is 4.90 Å². The molecule has 1 aromatic carbocycles. The van der Waals surface area contributed by atoms with Crippen molar-refractivity contribution >= 4 is 23.5 Å². The Morgan fingerprint density at radius 3 is 2.47 bits per heavy atom. The van der Waals surface area contributed by atoms with Crippen LogP contribution in [-0.2, 0) is 9.59 Å². The Balaban J connectivity index is 3.23. The lowest BCUT2D eigenvalue weighted by molar-refractivity contribution is -0.148. The zero-order chi connectivity index (χ0) is 13.2. The number of nitrogens with zero attached hydrogens (tertiary/aromatic N) is 1. The van der Waals surface area contributed by atoms with Gasteiger partial charge >= 0.3 is 5.97 Å². The van der Waals surface area contributed by atoms with E-state index in [0.717, 1.165) is 11.0 Å². The molecule has 0 saturated carbocycles. The van der Waals surface area contributed by atoms with Gasteiger partial charge in [-0.1, -0.05) is 17.7 Å². The van der Waals surface area contributed by atoms with Gasteiger partial charge in [-0.3, -0.25) is 4.79 Å². The van der Waals surface area contributed by atoms with Gasteiger partial charge in [-0.05, 0) is 12.1 Å². The first kappa shape index (κ1) is 13.4. The van der Waals surface area contributed by atoms with E-state index in [0.29, 0.717) is 0 Å². The summed E-state index contributed by atoms with van der Waals surface area (Å²) in [5.41, 5.74) is -0.0976. The van der Waals surface area contributed by atoms with Gasteiger partial charge in [0.05, 0.1) is 0 Å². The molecule has 0 aliphatic rings. The molecule has 1 unspecified atom stereocenters. The fourth-order valence-corrected chi connectivity index (χ4v) is 1.57. The average molecular weight is 260 g/mol. The van der Waals surface area contributed by atoms with Gasteiger partial charge < -0.3 is 10.0 Å². The lowest BCUT2D eigenvalue weighted by Gasteiger charge is -2.24. The van der Waals surface area contributed by atoms with Gasteiger partial charge in [0.1, 0.15) is 5.82 Å². The smallest absolute Gasteiger partial charge is 0.331 e. The Morgan fingerprint density at radius 2 is 2.06 bits per heavy atom. The van der Waals surface area contributed by atoms with Crippen molar-refractivity contribution < 1.29 is 19.1 Å². The minimum Gasteiger partial charge on any atom is -0.479 e. The number of carbonyl (C=O) groups is 2. The number of likely N-dealkylation sites (N-methyl/N-ethyl adjacent to an activating group) is 1. The largest absolute Gasteiger partial charge is 0.479 e. The summed E-state index contributed by atoms with van der Waals surface area (Å²) in [5.74, 6) is -2.52. The van der Waals surface area contributed by atoms with Crippen molar-refractivity contribution in [2.45, 2.75) is 13.0 Å². The maximum Gasteiger partial charge on any atom is 0.331 e. The second-order valence-corrected chi connectivity index (χ2v) is 3.97. The summed E-state index contributed by atoms with van der Waals surface area (Å²) >= 11 is 5.58. The van der Waals surface area contributed by atoms with Crippen molar-refractivity contribution in [1.29, 1.82) is 0 Å². The molecule has 0 fully saturated rings. The number of halogens is 2. The molecule has 1 amide bonds. The SMILES string of the molecule is CC(=O)N(C)C(C(=O)O)c1ccc(Cl)cc1F. The van der Waals surface area contributed by atoms with Gasteiger partial charge in [-0.15, -0.1) is 0 Å². The van der Waals surface area contributed by atoms with Crippen LogP contribution in [0.4, 0.5) is 4.39 Å². The van der Waals surface area contributed by atoms with Crippen molar-refractivity contribution in [3.63, 3.8) is 0 Å². The zero-order valence-corrected chi connectivity index (χ0v) is 10.0. The standard InChI is InChI=1S/C11H11ClFNO3/c1-6(15)14(2)10(11(16)17)8-4-3-7(12)5-9(8)13/h3-5,10H,1-2H3,(H,16,17). The summed E-state index contributed by atoms with van der Waals surface area (Å²) in [5, 5.41) is 9.21. The molecule has 1 N–H and O–H groups in total. The molecule has 4 nitrogen and oxygen atoms in total. The van der Waals surface area contributed by atoms with Crippen LogP contribution >= 0.6 is 11.6 Å². The molecule has 6 heteroatoms. The first-order valence-electron chi connectivity index (χ1n) is 4.75. The highest BCUT2D eigenvalue weighted by Gasteiger charge is 2.29. The van der Waals surface area contributed by atoms with Crippen LogP contribution in [0, 0.1) is 5.82 Å². The van der Waals surface area contributed by atoms with E-state index in [2.05, 4.69) is 0 Å². The fraction of sp³-hybridized carbons (Fsp3) is 0.273. The highest BCUT2D eigenvalue weighted by atomic mass is 35.5. The molecule has 0 bridgehead atoms. The van der Waals surface area contributed by atoms with Crippen molar-refractivity contribution in [3.05, 3.63) is 34.6 Å². The number of benzene rings is 1. The van der Waals surface area contributed by atoms with Crippen LogP contribution in [0.3, 0.4) is 0 Å². The van der Waals surface area contributed by atoms with Gasteiger partial charge in [-0.25, -0.2) is 9.18 Å². The third kappa shape index (κ3) is 2.94. The normalized spacial score (nSPS) is 12.0. The first-order valence-corrected chi connectivity index (χ1v) is 5.13. The fourth-order valence-electron chi connectivity index (χ4n) is 1.41. The predicted octanol–water partition coefficient (Wildman–Crippen LogP) is 2.08. The van der Waals surface area contributed by atoms with E-state index in [1.807, 2.05) is 0 Å². The number of hydrogen-bond acceptors (Lipinski definition) is 2. The van der Waals surface area contributed by atoms with Crippen LogP contribution in [0.15, 0.2) is 18.2 Å². The highest BCUT2D eigenvalue weighted by molar-refractivity contribution is 6.30. The van der Waals surface area contributed by atoms with Crippen LogP contribution in [0.25, 0.3) is 0 Å². The molecule has 0 aliphatic heterocycles. The molecule has 17 heavy (non-hydrogen) atoms. The number of carboxylic acid groups (broad SMARTS) is 1. The van der Waals surface area contributed by atoms with Crippen LogP contribution in [0.1, 0.15) is 18.5 Å². The van der Waals surface area contributed by atoms with Gasteiger partial charge in [0.25, 0.3) is 0 Å². The predicted molar refractivity (Wildman–Crippen MR) is 60.2 cm³/mol. The summed E-state index contributed by atoms with van der Waals surface area (Å²) in [6, 6.07) is 2.30. The van der Waals surface area contributed by atoms with E-state index < -0.39 is 23.7 Å². The quantitative estimate of drug-likeness (QED) is 0.904. The number of rotatable bonds is 3. The second-order valence-electron chi connectivity index (χ2n) is 3.54. The third-order valence-electron chi connectivity index (χ3n) is 2.37. The monoisotopic (exact) mass is 259 g/mol. The van der Waals surface area contributed by atoms with E-state index in [1.54, 1.807) is 0 Å². The molecule has 1 aromatic rings. The van der Waals surface area contributed by atoms with Crippen molar-refractivity contribution in [2.24, 2.45) is 0 Å². The van der Waals surface area contributed by atoms with Gasteiger partial charge in [0.2, 0.25) is 5.91 Å². The Hall–Kier alpha value is -1.62. The molecule has 0 heterocycles. The van der Waals surface area contributed by atoms with Crippen LogP contribution in [0.5, 0.6) is 0 Å². The molecule has 0 aliphatic carbocycles. The number of carboxylic acids is 1. The average Bonchev–Trinajstić information content (AvgIpc) is 2.20. The van der Waals surface area contributed by atoms with Gasteiger partial charge in [0, 0.05) is 24.6 Å². The summed E-state index contributed by atoms with van der Waals surface area (Å²) in [6.07, 6.45) is 0. The lowest BCUT2D eigenvalue weighted by atomic mass is 10.1. The zero-order valence-electron chi connectivity index (χ0n) is 9.28. The second kappa shape index (κ2) is 5.14. The van der Waals surface area contributed by atoms with Crippen LogP contribution in [0.2, 0.25) is 5.02 Å². The summed E-state index contributed by atoms with van der Waals surface area (Å²) in [4.78, 5) is 23.2. The van der Waals surface area contributed by atoms with Gasteiger partial charge in [0.15, 0.2) is 6.04 Å². The number of amides is 1. The Kier molecular flexibility index (Phi) is 4.07. The Bertz CT molecular complexity index is 464. The maximum atomic E-state index is 13.6. The van der Waals surface area contributed by atoms with E-state index in [9.17, 15) is 14.0 Å². The minimum atomic E-state index is -1.36. The maximum absolute atomic E-state index is 13.6. The Morgan fingerprint density at radius 1 is 1.47 bits per heavy atom. The molecule has 0 saturated heterocycles. The van der Waals surface area contributed by atoms with Crippen molar-refractivity contribution in [3.8, 4) is 0 Å². The molecule has 1 atom stereocenters. The summed E-state index contributed by atoms with van der Waals surface area (Å²) < 4.78 is 13.6. The molecular weight excluding hydrogens is 249 g/mol. The van der Waals surface area contributed by atoms with E-state index in [4.69, 9.17) is 16.7 Å². The van der Waals surface area contributed by atoms with Crippen LogP contribution in [-0.4, -0.2) is 28.9 Å². The molecule has 0 spiro atoms. The molecule has 0 aromatic heterocycles. The molecule has 92 valence electrons. The highest BCUT2D eigenvalue weighted by Crippen LogP contribution is 2.25. The summed E-state index contributed by atoms with van der Waals surface area (Å²) in [7, 11) is 1.30. The van der Waals surface area contributed by atoms with E-state index >= 15 is 0 Å². The number of carbonyl (C=O) groups excluding carboxylic acids is 1. The minimum absolute atomic E-state index is 0.0976. The van der Waals surface area contributed by atoms with Crippen LogP contribution < -0.4 is 0 Å². The topological polar surface area (TPSA) is 57.6 Å². The number of hydrogen-bond donors (Lipinski definition) is 1. The molecule has 0 radical (unpaired) electrons. The number of aliphatic carboxylic acids is 1. The summed E-state index contributed by atoms with van der Waals surface area (Å²) in [6.45, 7) is 1.21. The van der Waals surface area contributed by atoms with Gasteiger partial charge in [-0.2, -0.15) is 0 Å². The third-order valence-corrected chi connectivity index (χ3v) is 2.61. The van der Waals surface area contributed by atoms with Crippen molar-refractivity contribution in [2.75, 3.05) is 7.05 Å². The lowest BCUT2D eigenvalue weighted by Crippen LogP contribution is -2.34.